The molecule has 0 N–H and O–H groups in total. The molecule has 186 valence electrons. The minimum Gasteiger partial charge on any atom is -0.310 e. The molecule has 1 atom stereocenters. The number of rotatable bonds is 5. The predicted octanol–water partition coefficient (Wildman–Crippen LogP) is 9.44. The summed E-state index contributed by atoms with van der Waals surface area (Å²) in [5, 5.41) is 2.41. The molecule has 0 bridgehead atoms. The number of nitrogens with zero attached hydrogens (tertiary/aromatic N) is 2. The van der Waals surface area contributed by atoms with Crippen LogP contribution in [0, 0.1) is 0 Å². The zero-order valence-corrected chi connectivity index (χ0v) is 21.6. The Morgan fingerprint density at radius 3 is 1.85 bits per heavy atom. The van der Waals surface area contributed by atoms with E-state index in [1.807, 2.05) is 0 Å². The van der Waals surface area contributed by atoms with E-state index in [4.69, 9.17) is 4.99 Å². The molecule has 1 aliphatic heterocycles. The lowest BCUT2D eigenvalue weighted by Crippen LogP contribution is -2.21. The standard InChI is InChI=1S/C37H28N2/c1-4-15-28(16-5-1)34-26-29-17-11-13-23-33(29)37(38-34)36-32-22-12-10-14-27(32)24-25-35(36)39(30-18-6-2-7-19-30)31-20-8-3-9-21-31/h1-25,34H,26H2. The Kier molecular flexibility index (Phi) is 5.99. The first-order chi connectivity index (χ1) is 19.4. The molecule has 6 aromatic carbocycles. The van der Waals surface area contributed by atoms with Gasteiger partial charge in [-0.3, -0.25) is 4.99 Å². The van der Waals surface area contributed by atoms with Gasteiger partial charge in [0.15, 0.2) is 0 Å². The fourth-order valence-electron chi connectivity index (χ4n) is 5.75. The van der Waals surface area contributed by atoms with E-state index >= 15 is 0 Å². The third kappa shape index (κ3) is 4.30. The summed E-state index contributed by atoms with van der Waals surface area (Å²) in [6, 6.07) is 53.9. The molecule has 0 spiro atoms. The molecule has 0 aliphatic carbocycles. The van der Waals surface area contributed by atoms with Crippen LogP contribution in [0.25, 0.3) is 10.8 Å². The van der Waals surface area contributed by atoms with E-state index in [2.05, 4.69) is 157 Å². The van der Waals surface area contributed by atoms with Crippen molar-refractivity contribution in [2.75, 3.05) is 4.90 Å². The van der Waals surface area contributed by atoms with Gasteiger partial charge in [-0.2, -0.15) is 0 Å². The lowest BCUT2D eigenvalue weighted by atomic mass is 9.85. The Morgan fingerprint density at radius 2 is 1.13 bits per heavy atom. The van der Waals surface area contributed by atoms with E-state index in [-0.39, 0.29) is 6.04 Å². The van der Waals surface area contributed by atoms with Gasteiger partial charge in [-0.15, -0.1) is 0 Å². The zero-order chi connectivity index (χ0) is 26.0. The van der Waals surface area contributed by atoms with Crippen LogP contribution in [0.1, 0.15) is 28.3 Å². The first kappa shape index (κ1) is 23.2. The third-order valence-corrected chi connectivity index (χ3v) is 7.57. The predicted molar refractivity (Wildman–Crippen MR) is 164 cm³/mol. The average molecular weight is 501 g/mol. The average Bonchev–Trinajstić information content (AvgIpc) is 3.02. The van der Waals surface area contributed by atoms with Gasteiger partial charge in [0.1, 0.15) is 0 Å². The van der Waals surface area contributed by atoms with Crippen molar-refractivity contribution in [1.82, 2.24) is 0 Å². The van der Waals surface area contributed by atoms with Gasteiger partial charge in [0.2, 0.25) is 0 Å². The summed E-state index contributed by atoms with van der Waals surface area (Å²) in [6.07, 6.45) is 0.894. The van der Waals surface area contributed by atoms with Crippen molar-refractivity contribution < 1.29 is 0 Å². The van der Waals surface area contributed by atoms with E-state index in [0.717, 1.165) is 34.8 Å². The third-order valence-electron chi connectivity index (χ3n) is 7.57. The van der Waals surface area contributed by atoms with E-state index in [9.17, 15) is 0 Å². The van der Waals surface area contributed by atoms with Gasteiger partial charge in [-0.1, -0.05) is 121 Å². The maximum absolute atomic E-state index is 5.53. The second-order valence-corrected chi connectivity index (χ2v) is 9.95. The lowest BCUT2D eigenvalue weighted by Gasteiger charge is -2.31. The Morgan fingerprint density at radius 1 is 0.538 bits per heavy atom. The van der Waals surface area contributed by atoms with E-state index in [1.165, 1.54) is 27.5 Å². The van der Waals surface area contributed by atoms with Crippen LogP contribution in [0.3, 0.4) is 0 Å². The number of hydrogen-bond donors (Lipinski definition) is 0. The van der Waals surface area contributed by atoms with Crippen LogP contribution in [0.2, 0.25) is 0 Å². The van der Waals surface area contributed by atoms with Crippen molar-refractivity contribution in [2.24, 2.45) is 4.99 Å². The number of aliphatic imine (C=N–C) groups is 1. The zero-order valence-electron chi connectivity index (χ0n) is 21.6. The molecule has 0 saturated carbocycles. The SMILES string of the molecule is c1ccc(C2Cc3ccccc3C(c3c(N(c4ccccc4)c4ccccc4)ccc4ccccc34)=N2)cc1. The quantitative estimate of drug-likeness (QED) is 0.230. The van der Waals surface area contributed by atoms with Crippen molar-refractivity contribution in [3.8, 4) is 0 Å². The highest BCUT2D eigenvalue weighted by Gasteiger charge is 2.28. The summed E-state index contributed by atoms with van der Waals surface area (Å²) in [5.41, 5.74) is 9.35. The molecule has 6 aromatic rings. The molecule has 0 radical (unpaired) electrons. The number of hydrogen-bond acceptors (Lipinski definition) is 2. The molecule has 2 nitrogen and oxygen atoms in total. The molecule has 0 amide bonds. The molecule has 0 saturated heterocycles. The van der Waals surface area contributed by atoms with E-state index in [0.29, 0.717) is 0 Å². The smallest absolute Gasteiger partial charge is 0.0797 e. The Balaban J connectivity index is 1.55. The molecule has 0 aromatic heterocycles. The van der Waals surface area contributed by atoms with Crippen LogP contribution in [-0.2, 0) is 6.42 Å². The minimum absolute atomic E-state index is 0.0600. The summed E-state index contributed by atoms with van der Waals surface area (Å²) in [5.74, 6) is 0. The molecular weight excluding hydrogens is 472 g/mol. The summed E-state index contributed by atoms with van der Waals surface area (Å²) in [6.45, 7) is 0. The molecule has 1 heterocycles. The lowest BCUT2D eigenvalue weighted by molar-refractivity contribution is 0.712. The van der Waals surface area contributed by atoms with Crippen molar-refractivity contribution >= 4 is 33.5 Å². The maximum atomic E-state index is 5.53. The fraction of sp³-hybridized carbons (Fsp3) is 0.0541. The van der Waals surface area contributed by atoms with Gasteiger partial charge in [0, 0.05) is 22.5 Å². The highest BCUT2D eigenvalue weighted by atomic mass is 15.1. The summed E-state index contributed by atoms with van der Waals surface area (Å²) < 4.78 is 0. The van der Waals surface area contributed by atoms with Crippen LogP contribution in [0.15, 0.2) is 157 Å². The fourth-order valence-corrected chi connectivity index (χ4v) is 5.75. The first-order valence-corrected chi connectivity index (χ1v) is 13.5. The van der Waals surface area contributed by atoms with E-state index < -0.39 is 0 Å². The topological polar surface area (TPSA) is 15.6 Å². The van der Waals surface area contributed by atoms with E-state index in [1.54, 1.807) is 0 Å². The van der Waals surface area contributed by atoms with Crippen LogP contribution < -0.4 is 4.90 Å². The van der Waals surface area contributed by atoms with Gasteiger partial charge in [0.05, 0.1) is 17.4 Å². The monoisotopic (exact) mass is 500 g/mol. The normalized spacial score (nSPS) is 14.5. The van der Waals surface area contributed by atoms with Gasteiger partial charge in [-0.05, 0) is 58.7 Å². The van der Waals surface area contributed by atoms with Crippen LogP contribution >= 0.6 is 0 Å². The Bertz CT molecular complexity index is 1730. The second kappa shape index (κ2) is 10.1. The Hall–Kier alpha value is -4.95. The van der Waals surface area contributed by atoms with Crippen molar-refractivity contribution in [3.63, 3.8) is 0 Å². The number of fused-ring (bicyclic) bond motifs is 2. The Labute approximate surface area is 229 Å². The second-order valence-electron chi connectivity index (χ2n) is 9.95. The highest BCUT2D eigenvalue weighted by Crippen LogP contribution is 2.42. The number of para-hydroxylation sites is 2. The van der Waals surface area contributed by atoms with Crippen LogP contribution in [0.5, 0.6) is 0 Å². The number of anilines is 3. The van der Waals surface area contributed by atoms with Gasteiger partial charge < -0.3 is 4.90 Å². The molecule has 0 fully saturated rings. The maximum Gasteiger partial charge on any atom is 0.0797 e. The van der Waals surface area contributed by atoms with Crippen molar-refractivity contribution in [3.05, 3.63) is 174 Å². The molecule has 7 rings (SSSR count). The largest absolute Gasteiger partial charge is 0.310 e. The molecule has 1 aliphatic rings. The van der Waals surface area contributed by atoms with Crippen molar-refractivity contribution in [2.45, 2.75) is 12.5 Å². The van der Waals surface area contributed by atoms with Crippen molar-refractivity contribution in [1.29, 1.82) is 0 Å². The number of benzene rings is 6. The first-order valence-electron chi connectivity index (χ1n) is 13.5. The molecular formula is C37H28N2. The summed E-state index contributed by atoms with van der Waals surface area (Å²) in [4.78, 5) is 7.89. The molecule has 39 heavy (non-hydrogen) atoms. The van der Waals surface area contributed by atoms with Crippen LogP contribution in [0.4, 0.5) is 17.1 Å². The summed E-state index contributed by atoms with van der Waals surface area (Å²) in [7, 11) is 0. The van der Waals surface area contributed by atoms with Gasteiger partial charge in [0.25, 0.3) is 0 Å². The van der Waals surface area contributed by atoms with Gasteiger partial charge >= 0.3 is 0 Å². The minimum atomic E-state index is 0.0600. The highest BCUT2D eigenvalue weighted by molar-refractivity contribution is 6.24. The molecule has 2 heteroatoms. The summed E-state index contributed by atoms with van der Waals surface area (Å²) >= 11 is 0. The molecule has 1 unspecified atom stereocenters. The van der Waals surface area contributed by atoms with Crippen LogP contribution in [-0.4, -0.2) is 5.71 Å². The van der Waals surface area contributed by atoms with Gasteiger partial charge in [-0.25, -0.2) is 0 Å².